The Morgan fingerprint density at radius 1 is 1.27 bits per heavy atom. The van der Waals surface area contributed by atoms with Gasteiger partial charge in [0, 0.05) is 5.56 Å². The molecular weight excluding hydrogens is 343 g/mol. The molecule has 1 aromatic carbocycles. The Hall–Kier alpha value is -3.29. The van der Waals surface area contributed by atoms with Crippen LogP contribution in [0.15, 0.2) is 39.8 Å². The number of benzene rings is 1. The average molecular weight is 358 g/mol. The molecule has 0 aliphatic heterocycles. The van der Waals surface area contributed by atoms with Crippen molar-refractivity contribution in [1.82, 2.24) is 9.55 Å². The van der Waals surface area contributed by atoms with E-state index in [-0.39, 0.29) is 41.1 Å². The maximum Gasteiger partial charge on any atom is 0.342 e. The fourth-order valence-electron chi connectivity index (χ4n) is 2.58. The molecule has 3 rings (SSSR count). The minimum atomic E-state index is -0.690. The molecule has 0 spiro atoms. The van der Waals surface area contributed by atoms with Crippen molar-refractivity contribution >= 4 is 22.9 Å². The molecule has 26 heavy (non-hydrogen) atoms. The summed E-state index contributed by atoms with van der Waals surface area (Å²) in [5, 5.41) is -0.0321. The molecule has 0 saturated carbocycles. The number of halogens is 1. The van der Waals surface area contributed by atoms with Gasteiger partial charge in [0.15, 0.2) is 5.78 Å². The van der Waals surface area contributed by atoms with Crippen LogP contribution in [0.4, 0.5) is 4.39 Å². The van der Waals surface area contributed by atoms with E-state index in [9.17, 15) is 18.8 Å². The van der Waals surface area contributed by atoms with E-state index >= 15 is 0 Å². The van der Waals surface area contributed by atoms with Crippen LogP contribution in [0.3, 0.4) is 0 Å². The smallest absolute Gasteiger partial charge is 0.342 e. The number of ether oxygens (including phenoxy) is 1. The lowest BCUT2D eigenvalue weighted by Gasteiger charge is -2.05. The van der Waals surface area contributed by atoms with E-state index in [4.69, 9.17) is 9.15 Å². The van der Waals surface area contributed by atoms with Gasteiger partial charge < -0.3 is 9.15 Å². The first kappa shape index (κ1) is 17.5. The lowest BCUT2D eigenvalue weighted by molar-refractivity contribution is 0.0526. The second kappa shape index (κ2) is 6.91. The molecule has 0 saturated heterocycles. The zero-order valence-electron chi connectivity index (χ0n) is 14.1. The van der Waals surface area contributed by atoms with Gasteiger partial charge in [-0.1, -0.05) is 0 Å². The molecular formula is C18H15FN2O5. The Kier molecular flexibility index (Phi) is 4.66. The number of nitrogens with zero attached hydrogens (tertiary/aromatic N) is 2. The van der Waals surface area contributed by atoms with E-state index in [0.29, 0.717) is 0 Å². The number of hydrogen-bond acceptors (Lipinski definition) is 6. The molecule has 0 fully saturated rings. The Bertz CT molecular complexity index is 1050. The molecule has 2 aromatic heterocycles. The fourth-order valence-corrected chi connectivity index (χ4v) is 2.58. The Morgan fingerprint density at radius 2 is 1.96 bits per heavy atom. The highest BCUT2D eigenvalue weighted by Gasteiger charge is 2.24. The number of esters is 1. The highest BCUT2D eigenvalue weighted by molar-refractivity contribution is 6.03. The van der Waals surface area contributed by atoms with Crippen LogP contribution in [-0.2, 0) is 11.3 Å². The third kappa shape index (κ3) is 3.13. The Labute approximate surface area is 147 Å². The quantitative estimate of drug-likeness (QED) is 0.514. The fraction of sp³-hybridized carbons (Fsp3) is 0.222. The van der Waals surface area contributed by atoms with Crippen molar-refractivity contribution in [2.45, 2.75) is 20.4 Å². The number of aromatic nitrogens is 2. The molecule has 3 aromatic rings. The molecule has 0 N–H and O–H groups in total. The van der Waals surface area contributed by atoms with E-state index in [0.717, 1.165) is 16.7 Å². The third-order valence-electron chi connectivity index (χ3n) is 3.81. The molecule has 0 aliphatic carbocycles. The highest BCUT2D eigenvalue weighted by atomic mass is 19.1. The van der Waals surface area contributed by atoms with Gasteiger partial charge in [-0.05, 0) is 38.1 Å². The molecule has 0 bridgehead atoms. The minimum absolute atomic E-state index is 0.000958. The van der Waals surface area contributed by atoms with Crippen molar-refractivity contribution < 1.29 is 23.1 Å². The van der Waals surface area contributed by atoms with Gasteiger partial charge in [0.1, 0.15) is 28.9 Å². The molecule has 0 atom stereocenters. The number of fused-ring (bicyclic) bond motifs is 1. The summed E-state index contributed by atoms with van der Waals surface area (Å²) in [4.78, 5) is 41.2. The molecule has 0 unspecified atom stereocenters. The normalized spacial score (nSPS) is 10.9. The lowest BCUT2D eigenvalue weighted by Crippen LogP contribution is -2.25. The monoisotopic (exact) mass is 358 g/mol. The van der Waals surface area contributed by atoms with Crippen molar-refractivity contribution in [3.05, 3.63) is 63.7 Å². The predicted molar refractivity (Wildman–Crippen MR) is 89.7 cm³/mol. The first-order valence-electron chi connectivity index (χ1n) is 7.86. The molecule has 0 amide bonds. The van der Waals surface area contributed by atoms with Gasteiger partial charge in [-0.2, -0.15) is 0 Å². The highest BCUT2D eigenvalue weighted by Crippen LogP contribution is 2.21. The molecule has 134 valence electrons. The summed E-state index contributed by atoms with van der Waals surface area (Å²) in [5.41, 5.74) is -0.332. The van der Waals surface area contributed by atoms with Crippen LogP contribution >= 0.6 is 0 Å². The summed E-state index contributed by atoms with van der Waals surface area (Å²) in [6.45, 7) is 3.01. The minimum Gasteiger partial charge on any atom is -0.462 e. The van der Waals surface area contributed by atoms with Crippen LogP contribution in [0.1, 0.15) is 33.4 Å². The summed E-state index contributed by atoms with van der Waals surface area (Å²) in [6.07, 6.45) is 1.17. The van der Waals surface area contributed by atoms with E-state index in [2.05, 4.69) is 4.98 Å². The van der Waals surface area contributed by atoms with Crippen molar-refractivity contribution in [1.29, 1.82) is 0 Å². The van der Waals surface area contributed by atoms with Crippen molar-refractivity contribution in [3.63, 3.8) is 0 Å². The largest absolute Gasteiger partial charge is 0.462 e. The molecule has 7 nitrogen and oxygen atoms in total. The van der Waals surface area contributed by atoms with Crippen LogP contribution in [0, 0.1) is 12.7 Å². The number of rotatable bonds is 5. The van der Waals surface area contributed by atoms with E-state index in [1.54, 1.807) is 6.92 Å². The van der Waals surface area contributed by atoms with Gasteiger partial charge in [0.05, 0.1) is 13.2 Å². The summed E-state index contributed by atoms with van der Waals surface area (Å²) in [5.74, 6) is -1.34. The molecule has 0 radical (unpaired) electrons. The summed E-state index contributed by atoms with van der Waals surface area (Å²) < 4.78 is 24.4. The van der Waals surface area contributed by atoms with Crippen molar-refractivity contribution in [3.8, 4) is 0 Å². The van der Waals surface area contributed by atoms with E-state index < -0.39 is 23.1 Å². The third-order valence-corrected chi connectivity index (χ3v) is 3.81. The first-order chi connectivity index (χ1) is 12.4. The van der Waals surface area contributed by atoms with Gasteiger partial charge in [0.25, 0.3) is 5.56 Å². The summed E-state index contributed by atoms with van der Waals surface area (Å²) in [7, 11) is 0. The SMILES string of the molecule is CCOC(=O)c1c(C)oc2ncn(CC(=O)c3ccc(F)cc3)c(=O)c12. The average Bonchev–Trinajstić information content (AvgIpc) is 2.95. The standard InChI is InChI=1S/C18H15FN2O5/c1-3-25-18(24)14-10(2)26-16-15(14)17(23)21(9-20-16)8-13(22)11-4-6-12(19)7-5-11/h4-7,9H,3,8H2,1-2H3. The van der Waals surface area contributed by atoms with Crippen LogP contribution in [0.5, 0.6) is 0 Å². The molecule has 2 heterocycles. The topological polar surface area (TPSA) is 91.4 Å². The van der Waals surface area contributed by atoms with Crippen molar-refractivity contribution in [2.24, 2.45) is 0 Å². The zero-order valence-corrected chi connectivity index (χ0v) is 14.1. The van der Waals surface area contributed by atoms with Gasteiger partial charge in [-0.15, -0.1) is 0 Å². The van der Waals surface area contributed by atoms with Crippen LogP contribution in [0.25, 0.3) is 11.1 Å². The summed E-state index contributed by atoms with van der Waals surface area (Å²) in [6, 6.07) is 4.99. The number of aryl methyl sites for hydroxylation is 1. The van der Waals surface area contributed by atoms with Gasteiger partial charge in [-0.25, -0.2) is 14.2 Å². The van der Waals surface area contributed by atoms with E-state index in [1.807, 2.05) is 0 Å². The van der Waals surface area contributed by atoms with Gasteiger partial charge in [0.2, 0.25) is 5.71 Å². The Morgan fingerprint density at radius 3 is 2.62 bits per heavy atom. The lowest BCUT2D eigenvalue weighted by atomic mass is 10.1. The number of hydrogen-bond donors (Lipinski definition) is 0. The predicted octanol–water partition coefficient (Wildman–Crippen LogP) is 2.50. The number of Topliss-reactive ketones (excluding diaryl/α,β-unsaturated/α-hetero) is 1. The molecule has 0 aliphatic rings. The maximum absolute atomic E-state index is 13.0. The second-order valence-corrected chi connectivity index (χ2v) is 5.54. The van der Waals surface area contributed by atoms with Gasteiger partial charge in [-0.3, -0.25) is 14.2 Å². The number of furan rings is 1. The molecule has 8 heteroatoms. The number of ketones is 1. The van der Waals surface area contributed by atoms with E-state index in [1.165, 1.54) is 25.4 Å². The first-order valence-corrected chi connectivity index (χ1v) is 7.86. The maximum atomic E-state index is 13.0. The van der Waals surface area contributed by atoms with Gasteiger partial charge >= 0.3 is 5.97 Å². The second-order valence-electron chi connectivity index (χ2n) is 5.54. The van der Waals surface area contributed by atoms with Crippen molar-refractivity contribution in [2.75, 3.05) is 6.61 Å². The van der Waals surface area contributed by atoms with Crippen LogP contribution in [-0.4, -0.2) is 27.9 Å². The number of carbonyl (C=O) groups excluding carboxylic acids is 2. The Balaban J connectivity index is 2.02. The zero-order chi connectivity index (χ0) is 18.8. The van der Waals surface area contributed by atoms with Crippen LogP contribution < -0.4 is 5.56 Å². The van der Waals surface area contributed by atoms with Crippen LogP contribution in [0.2, 0.25) is 0 Å². The summed E-state index contributed by atoms with van der Waals surface area (Å²) >= 11 is 0. The number of carbonyl (C=O) groups is 2.